The van der Waals surface area contributed by atoms with Crippen molar-refractivity contribution in [1.29, 1.82) is 0 Å². The van der Waals surface area contributed by atoms with Crippen LogP contribution in [-0.4, -0.2) is 193 Å². The van der Waals surface area contributed by atoms with Gasteiger partial charge in [0.1, 0.15) is 61.0 Å². The normalized spacial score (nSPS) is 54.5. The molecule has 0 spiro atoms. The molecule has 0 aromatic carbocycles. The number of hydrogen-bond acceptors (Lipinski definition) is 19. The fourth-order valence-corrected chi connectivity index (χ4v) is 15.3. The fraction of sp³-hybridized carbons (Fsp3) is 1.00. The molecule has 0 amide bonds. The molecule has 66 heavy (non-hydrogen) atoms. The van der Waals surface area contributed by atoms with Crippen molar-refractivity contribution in [1.82, 2.24) is 0 Å². The number of rotatable bonds is 13. The molecule has 0 bridgehead atoms. The largest absolute Gasteiger partial charge is 0.394 e. The average Bonchev–Trinajstić information content (AvgIpc) is 3.70. The summed E-state index contributed by atoms with van der Waals surface area (Å²) >= 11 is 0. The summed E-state index contributed by atoms with van der Waals surface area (Å²) in [5.41, 5.74) is -0.0622. The summed E-state index contributed by atoms with van der Waals surface area (Å²) in [5, 5.41) is 103. The van der Waals surface area contributed by atoms with Crippen LogP contribution >= 0.6 is 0 Å². The lowest BCUT2D eigenvalue weighted by Gasteiger charge is -2.61. The number of hydrogen-bond donors (Lipinski definition) is 11. The van der Waals surface area contributed by atoms with E-state index in [1.165, 1.54) is 6.92 Å². The van der Waals surface area contributed by atoms with Crippen LogP contribution in [0.4, 0.5) is 0 Å². The van der Waals surface area contributed by atoms with Gasteiger partial charge in [0, 0.05) is 12.3 Å². The zero-order chi connectivity index (χ0) is 48.0. The molecule has 382 valence electrons. The maximum absolute atomic E-state index is 12.9. The molecule has 0 aromatic heterocycles. The summed E-state index contributed by atoms with van der Waals surface area (Å²) < 4.78 is 77.5. The minimum Gasteiger partial charge on any atom is -0.394 e. The minimum absolute atomic E-state index is 0.0269. The maximum atomic E-state index is 12.9. The lowest BCUT2D eigenvalue weighted by Crippen LogP contribution is -2.65. The Kier molecular flexibility index (Phi) is 15.1. The average molecular weight is 969 g/mol. The Hall–Kier alpha value is -0.770. The van der Waals surface area contributed by atoms with E-state index in [2.05, 4.69) is 20.8 Å². The first-order chi connectivity index (χ1) is 31.0. The molecule has 4 saturated carbocycles. The molecule has 0 aromatic rings. The number of aliphatic hydroxyl groups excluding tert-OH is 9. The zero-order valence-corrected chi connectivity index (χ0v) is 39.4. The monoisotopic (exact) mass is 968 g/mol. The van der Waals surface area contributed by atoms with Gasteiger partial charge in [-0.25, -0.2) is 0 Å². The van der Waals surface area contributed by atoms with E-state index in [-0.39, 0.29) is 47.2 Å². The van der Waals surface area contributed by atoms with E-state index in [1.807, 2.05) is 6.92 Å². The van der Waals surface area contributed by atoms with Gasteiger partial charge in [-0.1, -0.05) is 27.7 Å². The number of aliphatic hydroxyl groups is 10. The Morgan fingerprint density at radius 2 is 1.36 bits per heavy atom. The quantitative estimate of drug-likeness (QED) is 0.0791. The Bertz CT molecular complexity index is 1780. The zero-order valence-electron chi connectivity index (χ0n) is 38.6. The van der Waals surface area contributed by atoms with E-state index < -0.39 is 126 Å². The second kappa shape index (κ2) is 19.3. The van der Waals surface area contributed by atoms with E-state index in [0.717, 1.165) is 38.5 Å². The SMILES string of the molecule is C[C@H](CC[C@@]1(O)O[C@H]2C[C@H]3[C@@H]4CC[C@H]5C[C@@H](O[C@@H]6O[C@H](CO)[C@@H](O[C@H]7O[C@H](C)[C@@H](O)[C@H](O)[C@@H]7O)[C@H](O)[C@H]6S(=O)(=O)O)CC[C@]5(C)[C@H]4CC[C@]3(C)[C@H]2[C@@H]1C)CO[C@@H]1O[C@H](CO)[C@@H](O)[C@H](O)[C@H]1O. The number of fused-ring (bicyclic) bond motifs is 7. The Labute approximate surface area is 386 Å². The molecule has 8 aliphatic rings. The third-order valence-corrected chi connectivity index (χ3v) is 19.5. The highest BCUT2D eigenvalue weighted by Crippen LogP contribution is 2.71. The van der Waals surface area contributed by atoms with Crippen molar-refractivity contribution < 1.29 is 97.2 Å². The van der Waals surface area contributed by atoms with E-state index in [4.69, 9.17) is 33.2 Å². The smallest absolute Gasteiger partial charge is 0.275 e. The molecular formula is C45H76O20S. The molecule has 20 nitrogen and oxygen atoms in total. The standard InChI is InChI=1S/C45H76O20S/c1-19(18-59-40-35(52)34(51)32(49)28(16-46)62-40)8-13-45(55)20(2)30-27(65-45)15-26-24-7-6-22-14-23(9-11-43(22,4)25(24)10-12-44(26,30)5)61-42-39(66(56,57)58)37(54)38(29(17-47)63-42)64-41-36(53)33(50)31(48)21(3)60-41/h19-42,46-55H,6-18H2,1-5H3,(H,56,57,58)/t19-,20+,21-,22+,23+,24-,25+,26+,27+,28-,29-,30+,31-,32-,33+,34+,35-,36+,37+,38-,39-,40-,41-,42-,43+,44+,45-/m1/s1. The predicted octanol–water partition coefficient (Wildman–Crippen LogP) is -0.856. The summed E-state index contributed by atoms with van der Waals surface area (Å²) in [4.78, 5) is 0. The molecular weight excluding hydrogens is 893 g/mol. The molecule has 21 heteroatoms. The van der Waals surface area contributed by atoms with Gasteiger partial charge in [0.25, 0.3) is 10.1 Å². The summed E-state index contributed by atoms with van der Waals surface area (Å²) in [5.74, 6) is 0.192. The van der Waals surface area contributed by atoms with Gasteiger partial charge in [-0.2, -0.15) is 8.42 Å². The molecule has 4 aliphatic heterocycles. The van der Waals surface area contributed by atoms with Crippen LogP contribution in [0.3, 0.4) is 0 Å². The molecule has 8 fully saturated rings. The van der Waals surface area contributed by atoms with Gasteiger partial charge < -0.3 is 84.2 Å². The Morgan fingerprint density at radius 1 is 0.712 bits per heavy atom. The van der Waals surface area contributed by atoms with E-state index >= 15 is 0 Å². The summed E-state index contributed by atoms with van der Waals surface area (Å²) in [7, 11) is -5.05. The maximum Gasteiger partial charge on any atom is 0.275 e. The van der Waals surface area contributed by atoms with Crippen LogP contribution in [-0.2, 0) is 43.3 Å². The van der Waals surface area contributed by atoms with Crippen LogP contribution < -0.4 is 0 Å². The lowest BCUT2D eigenvalue weighted by atomic mass is 9.44. The fourth-order valence-electron chi connectivity index (χ4n) is 14.4. The van der Waals surface area contributed by atoms with Crippen LogP contribution in [0.1, 0.15) is 98.8 Å². The first kappa shape index (κ1) is 51.6. The van der Waals surface area contributed by atoms with Crippen LogP contribution in [0.2, 0.25) is 0 Å². The molecule has 4 aliphatic carbocycles. The molecule has 8 rings (SSSR count). The van der Waals surface area contributed by atoms with Crippen molar-refractivity contribution in [3.8, 4) is 0 Å². The van der Waals surface area contributed by atoms with Gasteiger partial charge in [-0.05, 0) is 111 Å². The van der Waals surface area contributed by atoms with Crippen molar-refractivity contribution in [2.24, 2.45) is 52.3 Å². The van der Waals surface area contributed by atoms with Crippen molar-refractivity contribution in [2.75, 3.05) is 19.8 Å². The van der Waals surface area contributed by atoms with Crippen LogP contribution in [0, 0.1) is 52.3 Å². The van der Waals surface area contributed by atoms with Gasteiger partial charge >= 0.3 is 0 Å². The van der Waals surface area contributed by atoms with E-state index in [0.29, 0.717) is 43.4 Å². The van der Waals surface area contributed by atoms with Crippen molar-refractivity contribution >= 4 is 10.1 Å². The minimum atomic E-state index is -5.05. The third kappa shape index (κ3) is 9.08. The number of ether oxygens (including phenoxy) is 7. The summed E-state index contributed by atoms with van der Waals surface area (Å²) in [6.45, 7) is 9.09. The van der Waals surface area contributed by atoms with Crippen molar-refractivity contribution in [3.63, 3.8) is 0 Å². The lowest BCUT2D eigenvalue weighted by molar-refractivity contribution is -0.343. The summed E-state index contributed by atoms with van der Waals surface area (Å²) in [6, 6.07) is 0. The van der Waals surface area contributed by atoms with Crippen molar-refractivity contribution in [2.45, 2.75) is 208 Å². The Balaban J connectivity index is 0.866. The van der Waals surface area contributed by atoms with E-state index in [1.54, 1.807) is 0 Å². The highest BCUT2D eigenvalue weighted by molar-refractivity contribution is 7.86. The molecule has 27 atom stereocenters. The topological polar surface area (TPSA) is 321 Å². The molecule has 4 saturated heterocycles. The van der Waals surface area contributed by atoms with Gasteiger partial charge in [0.15, 0.2) is 29.9 Å². The predicted molar refractivity (Wildman–Crippen MR) is 227 cm³/mol. The molecule has 11 N–H and O–H groups in total. The Morgan fingerprint density at radius 3 is 2.05 bits per heavy atom. The van der Waals surface area contributed by atoms with Gasteiger partial charge in [0.05, 0.1) is 38.1 Å². The highest BCUT2D eigenvalue weighted by Gasteiger charge is 2.68. The second-order valence-corrected chi connectivity index (χ2v) is 23.5. The first-order valence-electron chi connectivity index (χ1n) is 24.2. The molecule has 0 unspecified atom stereocenters. The van der Waals surface area contributed by atoms with Crippen LogP contribution in [0.25, 0.3) is 0 Å². The third-order valence-electron chi connectivity index (χ3n) is 18.3. The molecule has 0 radical (unpaired) electrons. The van der Waals surface area contributed by atoms with Gasteiger partial charge in [-0.15, -0.1) is 0 Å². The van der Waals surface area contributed by atoms with Crippen LogP contribution in [0.15, 0.2) is 0 Å². The summed E-state index contributed by atoms with van der Waals surface area (Å²) in [6.07, 6.45) is -13.8. The van der Waals surface area contributed by atoms with Gasteiger partial charge in [0.2, 0.25) is 0 Å². The second-order valence-electron chi connectivity index (χ2n) is 21.9. The molecule has 4 heterocycles. The van der Waals surface area contributed by atoms with Crippen LogP contribution in [0.5, 0.6) is 0 Å². The van der Waals surface area contributed by atoms with Crippen molar-refractivity contribution in [3.05, 3.63) is 0 Å². The van der Waals surface area contributed by atoms with Gasteiger partial charge in [-0.3, -0.25) is 4.55 Å². The first-order valence-corrected chi connectivity index (χ1v) is 25.7. The van der Waals surface area contributed by atoms with E-state index in [9.17, 15) is 64.0 Å². The highest BCUT2D eigenvalue weighted by atomic mass is 32.2.